The molecule has 3 aromatic rings. The van der Waals surface area contributed by atoms with Gasteiger partial charge in [0, 0.05) is 12.4 Å². The molecule has 0 bridgehead atoms. The highest BCUT2D eigenvalue weighted by Gasteiger charge is 2.20. The lowest BCUT2D eigenvalue weighted by Crippen LogP contribution is -2.22. The minimum Gasteiger partial charge on any atom is -0.486 e. The highest BCUT2D eigenvalue weighted by molar-refractivity contribution is 8.00. The Morgan fingerprint density at radius 1 is 1.30 bits per heavy atom. The number of anilines is 1. The average molecular weight is 444 g/mol. The van der Waals surface area contributed by atoms with Gasteiger partial charge in [0.05, 0.1) is 10.9 Å². The van der Waals surface area contributed by atoms with E-state index in [-0.39, 0.29) is 11.2 Å². The number of hydrogen-bond acceptors (Lipinski definition) is 7. The van der Waals surface area contributed by atoms with E-state index in [1.54, 1.807) is 0 Å². The molecule has 1 aliphatic carbocycles. The van der Waals surface area contributed by atoms with E-state index in [1.807, 2.05) is 36.9 Å². The first-order chi connectivity index (χ1) is 14.5. The van der Waals surface area contributed by atoms with Gasteiger partial charge in [-0.2, -0.15) is 0 Å². The summed E-state index contributed by atoms with van der Waals surface area (Å²) in [5.41, 5.74) is 3.72. The van der Waals surface area contributed by atoms with Crippen LogP contribution in [0.2, 0.25) is 0 Å². The van der Waals surface area contributed by atoms with E-state index in [9.17, 15) is 4.79 Å². The van der Waals surface area contributed by atoms with Crippen molar-refractivity contribution in [2.45, 2.75) is 56.5 Å². The summed E-state index contributed by atoms with van der Waals surface area (Å²) in [5.74, 6) is 1.47. The molecule has 0 saturated carbocycles. The molecule has 9 heteroatoms. The van der Waals surface area contributed by atoms with Crippen LogP contribution in [0.1, 0.15) is 42.4 Å². The fourth-order valence-corrected chi connectivity index (χ4v) is 4.88. The van der Waals surface area contributed by atoms with E-state index in [0.717, 1.165) is 30.1 Å². The van der Waals surface area contributed by atoms with Crippen molar-refractivity contribution in [2.24, 2.45) is 7.05 Å². The third kappa shape index (κ3) is 4.84. The lowest BCUT2D eigenvalue weighted by molar-refractivity contribution is -0.115. The summed E-state index contributed by atoms with van der Waals surface area (Å²) in [5, 5.41) is 14.2. The molecule has 2 heterocycles. The number of fused-ring (bicyclic) bond motifs is 1. The highest BCUT2D eigenvalue weighted by Crippen LogP contribution is 2.27. The van der Waals surface area contributed by atoms with Crippen molar-refractivity contribution in [2.75, 3.05) is 5.32 Å². The van der Waals surface area contributed by atoms with Crippen molar-refractivity contribution in [3.05, 3.63) is 46.2 Å². The molecule has 7 nitrogen and oxygen atoms in total. The third-order valence-electron chi connectivity index (χ3n) is 5.11. The topological polar surface area (TPSA) is 81.9 Å². The number of nitrogens with zero attached hydrogens (tertiary/aromatic N) is 4. The fraction of sp³-hybridized carbons (Fsp3) is 0.429. The number of aryl methyl sites for hydroxylation is 3. The Balaban J connectivity index is 1.34. The van der Waals surface area contributed by atoms with E-state index < -0.39 is 0 Å². The van der Waals surface area contributed by atoms with Crippen LogP contribution in [-0.2, 0) is 31.3 Å². The monoisotopic (exact) mass is 443 g/mol. The second-order valence-corrected chi connectivity index (χ2v) is 9.59. The van der Waals surface area contributed by atoms with Crippen molar-refractivity contribution in [3.8, 4) is 5.75 Å². The molecule has 0 radical (unpaired) electrons. The fourth-order valence-electron chi connectivity index (χ4n) is 3.35. The molecule has 2 aromatic heterocycles. The van der Waals surface area contributed by atoms with Gasteiger partial charge in [0.15, 0.2) is 16.1 Å². The van der Waals surface area contributed by atoms with Gasteiger partial charge in [-0.15, -0.1) is 21.5 Å². The van der Waals surface area contributed by atoms with Crippen LogP contribution in [0.25, 0.3) is 0 Å². The molecule has 4 rings (SSSR count). The summed E-state index contributed by atoms with van der Waals surface area (Å²) in [7, 11) is 1.89. The maximum atomic E-state index is 12.4. The van der Waals surface area contributed by atoms with Gasteiger partial charge >= 0.3 is 0 Å². The van der Waals surface area contributed by atoms with Gasteiger partial charge in [0.1, 0.15) is 12.4 Å². The van der Waals surface area contributed by atoms with Crippen LogP contribution >= 0.6 is 23.1 Å². The van der Waals surface area contributed by atoms with Crippen molar-refractivity contribution in [3.63, 3.8) is 0 Å². The van der Waals surface area contributed by atoms with E-state index >= 15 is 0 Å². The molecule has 0 aliphatic heterocycles. The Hall–Kier alpha value is -2.39. The molecule has 0 fully saturated rings. The highest BCUT2D eigenvalue weighted by atomic mass is 32.2. The first-order valence-electron chi connectivity index (χ1n) is 10.0. The SMILES string of the molecule is Cc1csc(NC(=O)[C@@H](C)Sc2nnc(COc3ccc4c(c3)CCCC4)n2C)n1. The second kappa shape index (κ2) is 9.18. The van der Waals surface area contributed by atoms with Crippen molar-refractivity contribution in [1.29, 1.82) is 0 Å². The lowest BCUT2D eigenvalue weighted by atomic mass is 9.92. The van der Waals surface area contributed by atoms with Gasteiger partial charge < -0.3 is 14.6 Å². The quantitative estimate of drug-likeness (QED) is 0.552. The number of aromatic nitrogens is 4. The number of amides is 1. The maximum absolute atomic E-state index is 12.4. The van der Waals surface area contributed by atoms with Crippen LogP contribution in [0.15, 0.2) is 28.7 Å². The Bertz CT molecular complexity index is 1050. The van der Waals surface area contributed by atoms with Gasteiger partial charge in [-0.3, -0.25) is 4.79 Å². The summed E-state index contributed by atoms with van der Waals surface area (Å²) < 4.78 is 7.84. The Kier molecular flexibility index (Phi) is 6.38. The third-order valence-corrected chi connectivity index (χ3v) is 7.12. The lowest BCUT2D eigenvalue weighted by Gasteiger charge is -2.16. The van der Waals surface area contributed by atoms with Gasteiger partial charge in [-0.05, 0) is 62.8 Å². The molecular weight excluding hydrogens is 418 g/mol. The summed E-state index contributed by atoms with van der Waals surface area (Å²) >= 11 is 2.78. The Morgan fingerprint density at radius 2 is 2.10 bits per heavy atom. The molecular formula is C21H25N5O2S2. The minimum absolute atomic E-state index is 0.107. The van der Waals surface area contributed by atoms with Crippen molar-refractivity contribution < 1.29 is 9.53 Å². The van der Waals surface area contributed by atoms with Crippen LogP contribution in [0.4, 0.5) is 5.13 Å². The number of thioether (sulfide) groups is 1. The van der Waals surface area contributed by atoms with Gasteiger partial charge in [-0.25, -0.2) is 4.98 Å². The van der Waals surface area contributed by atoms with Crippen LogP contribution in [0.5, 0.6) is 5.75 Å². The van der Waals surface area contributed by atoms with E-state index in [0.29, 0.717) is 16.9 Å². The zero-order valence-electron chi connectivity index (χ0n) is 17.3. The predicted molar refractivity (Wildman–Crippen MR) is 119 cm³/mol. The molecule has 1 aromatic carbocycles. The smallest absolute Gasteiger partial charge is 0.239 e. The van der Waals surface area contributed by atoms with Crippen LogP contribution < -0.4 is 10.1 Å². The van der Waals surface area contributed by atoms with E-state index in [2.05, 4.69) is 32.6 Å². The number of rotatable bonds is 7. The second-order valence-electron chi connectivity index (χ2n) is 7.43. The summed E-state index contributed by atoms with van der Waals surface area (Å²) in [6.07, 6.45) is 4.80. The number of carbonyl (C=O) groups is 1. The van der Waals surface area contributed by atoms with Crippen LogP contribution in [-0.4, -0.2) is 30.9 Å². The molecule has 1 N–H and O–H groups in total. The van der Waals surface area contributed by atoms with Gasteiger partial charge in [-0.1, -0.05) is 17.8 Å². The molecule has 0 unspecified atom stereocenters. The molecule has 1 aliphatic rings. The normalized spacial score (nSPS) is 14.2. The maximum Gasteiger partial charge on any atom is 0.239 e. The molecule has 1 atom stereocenters. The number of hydrogen-bond donors (Lipinski definition) is 1. The van der Waals surface area contributed by atoms with Crippen LogP contribution in [0, 0.1) is 6.92 Å². The molecule has 30 heavy (non-hydrogen) atoms. The Labute approximate surface area is 184 Å². The van der Waals surface area contributed by atoms with Crippen molar-refractivity contribution in [1.82, 2.24) is 19.7 Å². The summed E-state index contributed by atoms with van der Waals surface area (Å²) in [4.78, 5) is 16.7. The van der Waals surface area contributed by atoms with Crippen molar-refractivity contribution >= 4 is 34.1 Å². The molecule has 0 spiro atoms. The Morgan fingerprint density at radius 3 is 2.87 bits per heavy atom. The zero-order chi connectivity index (χ0) is 21.1. The number of nitrogens with one attached hydrogen (secondary N) is 1. The summed E-state index contributed by atoms with van der Waals surface area (Å²) in [6, 6.07) is 6.35. The number of thiazole rings is 1. The average Bonchev–Trinajstić information content (AvgIpc) is 3.31. The zero-order valence-corrected chi connectivity index (χ0v) is 19.0. The van der Waals surface area contributed by atoms with E-state index in [4.69, 9.17) is 4.74 Å². The first kappa shape index (κ1) is 20.9. The first-order valence-corrected chi connectivity index (χ1v) is 11.8. The van der Waals surface area contributed by atoms with Crippen LogP contribution in [0.3, 0.4) is 0 Å². The standard InChI is InChI=1S/C21H25N5O2S2/c1-13-12-29-20(22-13)23-19(27)14(2)30-21-25-24-18(26(21)3)11-28-17-9-8-15-6-4-5-7-16(15)10-17/h8-10,12,14H,4-7,11H2,1-3H3,(H,22,23,27)/t14-/m1/s1. The largest absolute Gasteiger partial charge is 0.486 e. The predicted octanol–water partition coefficient (Wildman–Crippen LogP) is 4.16. The number of ether oxygens (including phenoxy) is 1. The number of benzene rings is 1. The summed E-state index contributed by atoms with van der Waals surface area (Å²) in [6.45, 7) is 4.08. The molecule has 1 amide bonds. The van der Waals surface area contributed by atoms with Gasteiger partial charge in [0.25, 0.3) is 0 Å². The number of carbonyl (C=O) groups excluding carboxylic acids is 1. The molecule has 158 valence electrons. The van der Waals surface area contributed by atoms with Gasteiger partial charge in [0.2, 0.25) is 5.91 Å². The van der Waals surface area contributed by atoms with E-state index in [1.165, 1.54) is 47.1 Å². The molecule has 0 saturated heterocycles. The minimum atomic E-state index is -0.327.